The van der Waals surface area contributed by atoms with Crippen LogP contribution in [0.3, 0.4) is 0 Å². The van der Waals surface area contributed by atoms with E-state index >= 15 is 0 Å². The van der Waals surface area contributed by atoms with Crippen molar-refractivity contribution in [2.24, 2.45) is 5.41 Å². The summed E-state index contributed by atoms with van der Waals surface area (Å²) >= 11 is 1.40. The third kappa shape index (κ3) is 4.73. The molecule has 0 saturated carbocycles. The van der Waals surface area contributed by atoms with Crippen molar-refractivity contribution in [2.45, 2.75) is 49.4 Å². The minimum Gasteiger partial charge on any atom is -0.305 e. The predicted molar refractivity (Wildman–Crippen MR) is 114 cm³/mol. The Kier molecular flexibility index (Phi) is 6.88. The highest BCUT2D eigenvalue weighted by atomic mass is 32.2. The van der Waals surface area contributed by atoms with Gasteiger partial charge in [0, 0.05) is 22.9 Å². The number of nitro benzene ring substituents is 1. The van der Waals surface area contributed by atoms with Crippen molar-refractivity contribution in [1.29, 1.82) is 0 Å². The van der Waals surface area contributed by atoms with Crippen LogP contribution in [0.25, 0.3) is 0 Å². The molecular formula is C22H29FN2O2S. The van der Waals surface area contributed by atoms with Crippen molar-refractivity contribution in [3.63, 3.8) is 0 Å². The molecule has 0 radical (unpaired) electrons. The van der Waals surface area contributed by atoms with Crippen molar-refractivity contribution < 1.29 is 9.31 Å². The van der Waals surface area contributed by atoms with Crippen LogP contribution in [0.4, 0.5) is 10.1 Å². The Morgan fingerprint density at radius 3 is 2.29 bits per heavy atom. The summed E-state index contributed by atoms with van der Waals surface area (Å²) in [5.74, 6) is 0. The first-order valence-electron chi connectivity index (χ1n) is 9.25. The second kappa shape index (κ2) is 8.62. The van der Waals surface area contributed by atoms with Gasteiger partial charge in [0.05, 0.1) is 16.5 Å². The molecule has 0 aliphatic rings. The van der Waals surface area contributed by atoms with E-state index in [0.717, 1.165) is 22.6 Å². The average Bonchev–Trinajstić information content (AvgIpc) is 2.62. The molecule has 28 heavy (non-hydrogen) atoms. The summed E-state index contributed by atoms with van der Waals surface area (Å²) in [4.78, 5) is 15.1. The second-order valence-corrected chi connectivity index (χ2v) is 9.61. The first-order valence-corrected chi connectivity index (χ1v) is 10.1. The summed E-state index contributed by atoms with van der Waals surface area (Å²) in [5.41, 5.74) is 0.777. The molecule has 0 heterocycles. The lowest BCUT2D eigenvalue weighted by Crippen LogP contribution is -2.38. The van der Waals surface area contributed by atoms with Crippen molar-refractivity contribution in [1.82, 2.24) is 4.90 Å². The molecule has 0 aliphatic heterocycles. The number of alkyl halides is 1. The van der Waals surface area contributed by atoms with Gasteiger partial charge >= 0.3 is 0 Å². The molecule has 0 atom stereocenters. The number of hydrogen-bond donors (Lipinski definition) is 0. The maximum atomic E-state index is 13.6. The Labute approximate surface area is 171 Å². The lowest BCUT2D eigenvalue weighted by molar-refractivity contribution is -0.387. The standard InChI is InChI=1S/C22H29FN2O2S/c1-21(2,15-23)22(3,4)17-11-12-20(18(13-17)25(26)27)28-19-10-8-7-9-16(19)14-24(5)6/h7-13H,14-15H2,1-6H3. The van der Waals surface area contributed by atoms with Gasteiger partial charge in [0.25, 0.3) is 5.69 Å². The van der Waals surface area contributed by atoms with Gasteiger partial charge in [0.15, 0.2) is 0 Å². The topological polar surface area (TPSA) is 46.4 Å². The van der Waals surface area contributed by atoms with Gasteiger partial charge in [-0.05, 0) is 42.8 Å². The van der Waals surface area contributed by atoms with Gasteiger partial charge in [-0.1, -0.05) is 63.7 Å². The van der Waals surface area contributed by atoms with Gasteiger partial charge in [0.2, 0.25) is 0 Å². The van der Waals surface area contributed by atoms with Gasteiger partial charge in [-0.15, -0.1) is 0 Å². The van der Waals surface area contributed by atoms with Crippen LogP contribution < -0.4 is 0 Å². The highest BCUT2D eigenvalue weighted by Gasteiger charge is 2.39. The van der Waals surface area contributed by atoms with Gasteiger partial charge in [-0.3, -0.25) is 14.5 Å². The number of halogens is 1. The third-order valence-electron chi connectivity index (χ3n) is 5.58. The zero-order valence-corrected chi connectivity index (χ0v) is 18.3. The average molecular weight is 405 g/mol. The predicted octanol–water partition coefficient (Wildman–Crippen LogP) is 6.08. The normalized spacial score (nSPS) is 12.4. The number of nitro groups is 1. The van der Waals surface area contributed by atoms with Gasteiger partial charge < -0.3 is 4.90 Å². The molecule has 0 N–H and O–H groups in total. The summed E-state index contributed by atoms with van der Waals surface area (Å²) < 4.78 is 13.6. The minimum absolute atomic E-state index is 0.0601. The highest BCUT2D eigenvalue weighted by molar-refractivity contribution is 7.99. The number of hydrogen-bond acceptors (Lipinski definition) is 4. The van der Waals surface area contributed by atoms with Crippen molar-refractivity contribution >= 4 is 17.4 Å². The van der Waals surface area contributed by atoms with Crippen LogP contribution in [0.15, 0.2) is 52.3 Å². The third-order valence-corrected chi connectivity index (χ3v) is 6.77. The van der Waals surface area contributed by atoms with E-state index in [1.165, 1.54) is 11.8 Å². The smallest absolute Gasteiger partial charge is 0.283 e. The lowest BCUT2D eigenvalue weighted by atomic mass is 9.65. The van der Waals surface area contributed by atoms with E-state index in [9.17, 15) is 14.5 Å². The molecule has 152 valence electrons. The molecular weight excluding hydrogens is 375 g/mol. The van der Waals surface area contributed by atoms with Gasteiger partial charge in [-0.2, -0.15) is 0 Å². The first-order chi connectivity index (χ1) is 13.0. The largest absolute Gasteiger partial charge is 0.305 e. The summed E-state index contributed by atoms with van der Waals surface area (Å²) in [7, 11) is 3.99. The summed E-state index contributed by atoms with van der Waals surface area (Å²) in [6.45, 7) is 7.82. The quantitative estimate of drug-likeness (QED) is 0.395. The summed E-state index contributed by atoms with van der Waals surface area (Å²) in [6.07, 6.45) is 0. The molecule has 0 saturated heterocycles. The van der Waals surface area contributed by atoms with E-state index in [2.05, 4.69) is 4.90 Å². The van der Waals surface area contributed by atoms with Crippen LogP contribution in [0.1, 0.15) is 38.8 Å². The molecule has 0 unspecified atom stereocenters. The van der Waals surface area contributed by atoms with Crippen LogP contribution in [-0.4, -0.2) is 30.6 Å². The zero-order chi connectivity index (χ0) is 21.1. The van der Waals surface area contributed by atoms with Gasteiger partial charge in [-0.25, -0.2) is 0 Å². The van der Waals surface area contributed by atoms with E-state index in [4.69, 9.17) is 0 Å². The Morgan fingerprint density at radius 2 is 1.71 bits per heavy atom. The van der Waals surface area contributed by atoms with Crippen LogP contribution in [0.2, 0.25) is 0 Å². The van der Waals surface area contributed by atoms with Crippen molar-refractivity contribution in [3.8, 4) is 0 Å². The molecule has 6 heteroatoms. The molecule has 2 rings (SSSR count). The Balaban J connectivity index is 2.47. The van der Waals surface area contributed by atoms with Crippen LogP contribution >= 0.6 is 11.8 Å². The monoisotopic (exact) mass is 404 g/mol. The van der Waals surface area contributed by atoms with E-state index < -0.39 is 17.5 Å². The molecule has 0 aromatic heterocycles. The fourth-order valence-corrected chi connectivity index (χ4v) is 3.91. The second-order valence-electron chi connectivity index (χ2n) is 8.53. The molecule has 0 bridgehead atoms. The summed E-state index contributed by atoms with van der Waals surface area (Å²) in [5, 5.41) is 11.8. The SMILES string of the molecule is CN(C)Cc1ccccc1Sc1ccc(C(C)(C)C(C)(C)CF)cc1[N+](=O)[O-]. The Hall–Kier alpha value is -1.92. The Morgan fingerprint density at radius 1 is 1.07 bits per heavy atom. The maximum Gasteiger partial charge on any atom is 0.283 e. The minimum atomic E-state index is -0.631. The van der Waals surface area contributed by atoms with E-state index in [0.29, 0.717) is 4.90 Å². The molecule has 4 nitrogen and oxygen atoms in total. The molecule has 2 aromatic rings. The van der Waals surface area contributed by atoms with E-state index in [1.807, 2.05) is 72.1 Å². The van der Waals surface area contributed by atoms with Gasteiger partial charge in [0.1, 0.15) is 0 Å². The highest BCUT2D eigenvalue weighted by Crippen LogP contribution is 2.45. The van der Waals surface area contributed by atoms with E-state index in [1.54, 1.807) is 12.1 Å². The summed E-state index contributed by atoms with van der Waals surface area (Å²) in [6, 6.07) is 13.2. The molecule has 0 spiro atoms. The van der Waals surface area contributed by atoms with Crippen LogP contribution in [0, 0.1) is 15.5 Å². The fraction of sp³-hybridized carbons (Fsp3) is 0.455. The Bertz CT molecular complexity index is 850. The first kappa shape index (κ1) is 22.4. The lowest BCUT2D eigenvalue weighted by Gasteiger charge is -2.40. The zero-order valence-electron chi connectivity index (χ0n) is 17.5. The molecule has 0 fully saturated rings. The van der Waals surface area contributed by atoms with Crippen LogP contribution in [-0.2, 0) is 12.0 Å². The fourth-order valence-electron chi connectivity index (χ4n) is 2.89. The van der Waals surface area contributed by atoms with E-state index in [-0.39, 0.29) is 10.6 Å². The number of rotatable bonds is 8. The number of benzene rings is 2. The molecule has 0 amide bonds. The maximum absolute atomic E-state index is 13.6. The molecule has 2 aromatic carbocycles. The van der Waals surface area contributed by atoms with Crippen LogP contribution in [0.5, 0.6) is 0 Å². The van der Waals surface area contributed by atoms with Crippen molar-refractivity contribution in [3.05, 3.63) is 63.7 Å². The van der Waals surface area contributed by atoms with Crippen molar-refractivity contribution in [2.75, 3.05) is 20.8 Å². The molecule has 0 aliphatic carbocycles. The number of nitrogens with zero attached hydrogens (tertiary/aromatic N) is 2.